The molecule has 0 aromatic rings. The van der Waals surface area contributed by atoms with Crippen molar-refractivity contribution < 1.29 is 0 Å². The fourth-order valence-electron chi connectivity index (χ4n) is 1.67. The Morgan fingerprint density at radius 1 is 1.00 bits per heavy atom. The number of hydrogen-bond acceptors (Lipinski definition) is 0. The molecule has 0 fully saturated rings. The molecule has 68 valence electrons. The van der Waals surface area contributed by atoms with Crippen LogP contribution in [0.15, 0.2) is 0 Å². The molecule has 0 heteroatoms. The molecule has 0 saturated carbocycles. The van der Waals surface area contributed by atoms with Crippen molar-refractivity contribution in [1.29, 1.82) is 0 Å². The number of hydrogen-bond donors (Lipinski definition) is 0. The second kappa shape index (κ2) is 6.69. The van der Waals surface area contributed by atoms with Crippen LogP contribution < -0.4 is 0 Å². The summed E-state index contributed by atoms with van der Waals surface area (Å²) in [6.45, 7) is 9.29. The molecule has 0 N–H and O–H groups in total. The highest BCUT2D eigenvalue weighted by Gasteiger charge is 2.03. The lowest BCUT2D eigenvalue weighted by Crippen LogP contribution is -1.99. The summed E-state index contributed by atoms with van der Waals surface area (Å²) in [5.41, 5.74) is 0. The Morgan fingerprint density at radius 2 is 1.64 bits per heavy atom. The maximum Gasteiger partial charge on any atom is -0.0440 e. The van der Waals surface area contributed by atoms with Gasteiger partial charge in [-0.15, -0.1) is 0 Å². The fraction of sp³-hybridized carbons (Fsp3) is 1.00. The second-order valence-electron chi connectivity index (χ2n) is 4.23. The minimum absolute atomic E-state index is 0.881. The first kappa shape index (κ1) is 11.0. The minimum Gasteiger partial charge on any atom is -0.0654 e. The van der Waals surface area contributed by atoms with Gasteiger partial charge in [0.25, 0.3) is 0 Å². The lowest BCUT2D eigenvalue weighted by Gasteiger charge is -2.12. The van der Waals surface area contributed by atoms with E-state index in [2.05, 4.69) is 27.7 Å². The molecule has 0 heterocycles. The summed E-state index contributed by atoms with van der Waals surface area (Å²) in [6.07, 6.45) is 7.05. The Kier molecular flexibility index (Phi) is 6.69. The van der Waals surface area contributed by atoms with Crippen LogP contribution in [0.25, 0.3) is 0 Å². The van der Waals surface area contributed by atoms with Crippen molar-refractivity contribution >= 4 is 0 Å². The van der Waals surface area contributed by atoms with E-state index in [0.717, 1.165) is 11.8 Å². The highest BCUT2D eigenvalue weighted by atomic mass is 14.1. The highest BCUT2D eigenvalue weighted by Crippen LogP contribution is 2.17. The van der Waals surface area contributed by atoms with Gasteiger partial charge >= 0.3 is 0 Å². The number of unbranched alkanes of at least 4 members (excludes halogenated alkanes) is 2. The van der Waals surface area contributed by atoms with Crippen LogP contribution in [0.1, 0.15) is 59.8 Å². The van der Waals surface area contributed by atoms with E-state index in [9.17, 15) is 0 Å². The van der Waals surface area contributed by atoms with Crippen LogP contribution in [-0.2, 0) is 0 Å². The summed E-state index contributed by atoms with van der Waals surface area (Å²) in [6, 6.07) is 0. The first-order valence-corrected chi connectivity index (χ1v) is 5.16. The Labute approximate surface area is 72.4 Å². The van der Waals surface area contributed by atoms with Crippen LogP contribution in [0.3, 0.4) is 0 Å². The lowest BCUT2D eigenvalue weighted by molar-refractivity contribution is 0.400. The molecule has 0 amide bonds. The zero-order chi connectivity index (χ0) is 8.69. The minimum atomic E-state index is 0.881. The molecule has 0 aromatic carbocycles. The maximum atomic E-state index is 2.38. The van der Waals surface area contributed by atoms with Gasteiger partial charge in [0.2, 0.25) is 0 Å². The van der Waals surface area contributed by atoms with E-state index < -0.39 is 0 Å². The molecule has 0 aliphatic rings. The van der Waals surface area contributed by atoms with E-state index in [-0.39, 0.29) is 0 Å². The summed E-state index contributed by atoms with van der Waals surface area (Å²) in [5.74, 6) is 1.83. The van der Waals surface area contributed by atoms with Gasteiger partial charge in [-0.25, -0.2) is 0 Å². The molecule has 1 atom stereocenters. The third-order valence-electron chi connectivity index (χ3n) is 2.17. The zero-order valence-corrected chi connectivity index (χ0v) is 8.69. The van der Waals surface area contributed by atoms with Crippen LogP contribution in [0.5, 0.6) is 0 Å². The quantitative estimate of drug-likeness (QED) is 0.504. The third kappa shape index (κ3) is 7.90. The summed E-state index contributed by atoms with van der Waals surface area (Å²) >= 11 is 0. The standard InChI is InChI=1S/C11H24/c1-5-6-7-8-11(4)9-10(2)3/h10-11H,5-9H2,1-4H3. The topological polar surface area (TPSA) is 0 Å². The molecule has 0 nitrogen and oxygen atoms in total. The van der Waals surface area contributed by atoms with Gasteiger partial charge < -0.3 is 0 Å². The zero-order valence-electron chi connectivity index (χ0n) is 8.69. The van der Waals surface area contributed by atoms with Gasteiger partial charge in [0, 0.05) is 0 Å². The number of rotatable bonds is 6. The molecule has 0 aliphatic carbocycles. The van der Waals surface area contributed by atoms with E-state index in [4.69, 9.17) is 0 Å². The molecule has 1 unspecified atom stereocenters. The Bertz CT molecular complexity index is 74.1. The predicted molar refractivity (Wildman–Crippen MR) is 52.8 cm³/mol. The normalized spacial score (nSPS) is 13.9. The predicted octanol–water partition coefficient (Wildman–Crippen LogP) is 4.25. The van der Waals surface area contributed by atoms with Crippen molar-refractivity contribution in [3.05, 3.63) is 0 Å². The summed E-state index contributed by atoms with van der Waals surface area (Å²) < 4.78 is 0. The molecule has 0 radical (unpaired) electrons. The summed E-state index contributed by atoms with van der Waals surface area (Å²) in [5, 5.41) is 0. The van der Waals surface area contributed by atoms with E-state index in [1.807, 2.05) is 0 Å². The molecule has 0 bridgehead atoms. The van der Waals surface area contributed by atoms with Gasteiger partial charge in [0.15, 0.2) is 0 Å². The molecule has 0 aromatic heterocycles. The van der Waals surface area contributed by atoms with Crippen molar-refractivity contribution in [2.45, 2.75) is 59.8 Å². The maximum absolute atomic E-state index is 2.38. The largest absolute Gasteiger partial charge is 0.0654 e. The van der Waals surface area contributed by atoms with E-state index in [1.54, 1.807) is 0 Å². The second-order valence-corrected chi connectivity index (χ2v) is 4.23. The fourth-order valence-corrected chi connectivity index (χ4v) is 1.67. The molecule has 11 heavy (non-hydrogen) atoms. The van der Waals surface area contributed by atoms with Crippen LogP contribution in [0.2, 0.25) is 0 Å². The van der Waals surface area contributed by atoms with Crippen molar-refractivity contribution in [1.82, 2.24) is 0 Å². The van der Waals surface area contributed by atoms with Gasteiger partial charge in [0.05, 0.1) is 0 Å². The molecular weight excluding hydrogens is 132 g/mol. The lowest BCUT2D eigenvalue weighted by atomic mass is 9.94. The van der Waals surface area contributed by atoms with Crippen LogP contribution in [-0.4, -0.2) is 0 Å². The SMILES string of the molecule is CCCCCC(C)CC(C)C. The van der Waals surface area contributed by atoms with Gasteiger partial charge in [-0.2, -0.15) is 0 Å². The molecule has 0 rings (SSSR count). The first-order valence-electron chi connectivity index (χ1n) is 5.16. The van der Waals surface area contributed by atoms with Crippen molar-refractivity contribution in [2.24, 2.45) is 11.8 Å². The van der Waals surface area contributed by atoms with E-state index in [0.29, 0.717) is 0 Å². The average molecular weight is 156 g/mol. The van der Waals surface area contributed by atoms with Gasteiger partial charge in [-0.3, -0.25) is 0 Å². The van der Waals surface area contributed by atoms with Gasteiger partial charge in [-0.05, 0) is 18.3 Å². The monoisotopic (exact) mass is 156 g/mol. The van der Waals surface area contributed by atoms with Crippen LogP contribution in [0, 0.1) is 11.8 Å². The van der Waals surface area contributed by atoms with E-state index in [1.165, 1.54) is 32.1 Å². The smallest absolute Gasteiger partial charge is 0.0440 e. The van der Waals surface area contributed by atoms with Crippen molar-refractivity contribution in [2.75, 3.05) is 0 Å². The van der Waals surface area contributed by atoms with Gasteiger partial charge in [-0.1, -0.05) is 53.4 Å². The molecule has 0 aliphatic heterocycles. The molecule has 0 spiro atoms. The Morgan fingerprint density at radius 3 is 2.09 bits per heavy atom. The third-order valence-corrected chi connectivity index (χ3v) is 2.17. The van der Waals surface area contributed by atoms with E-state index >= 15 is 0 Å². The Balaban J connectivity index is 3.15. The summed E-state index contributed by atoms with van der Waals surface area (Å²) in [4.78, 5) is 0. The van der Waals surface area contributed by atoms with Crippen molar-refractivity contribution in [3.8, 4) is 0 Å². The Hall–Kier alpha value is 0. The summed E-state index contributed by atoms with van der Waals surface area (Å²) in [7, 11) is 0. The molecular formula is C11H24. The highest BCUT2D eigenvalue weighted by molar-refractivity contribution is 4.56. The first-order chi connectivity index (χ1) is 5.16. The molecule has 0 saturated heterocycles. The van der Waals surface area contributed by atoms with Crippen LogP contribution in [0.4, 0.5) is 0 Å². The van der Waals surface area contributed by atoms with Gasteiger partial charge in [0.1, 0.15) is 0 Å². The van der Waals surface area contributed by atoms with Crippen LogP contribution >= 0.6 is 0 Å². The average Bonchev–Trinajstić information content (AvgIpc) is 1.86. The van der Waals surface area contributed by atoms with Crippen molar-refractivity contribution in [3.63, 3.8) is 0 Å².